The Balaban J connectivity index is 2.05. The number of rotatable bonds is 1. The molecule has 1 unspecified atom stereocenters. The number of aromatic amines is 1. The standard InChI is InChI=1S/C12H12FNO2/c13-8-1-2-11-9(5-8)10(6-14-11)12-7-15-3-4-16-12/h1-2,5-6,12,14H,3-4,7H2. The average molecular weight is 221 g/mol. The summed E-state index contributed by atoms with van der Waals surface area (Å²) in [4.78, 5) is 3.11. The van der Waals surface area contributed by atoms with Crippen LogP contribution in [0, 0.1) is 5.82 Å². The van der Waals surface area contributed by atoms with Crippen molar-refractivity contribution in [3.05, 3.63) is 35.8 Å². The number of hydrogen-bond donors (Lipinski definition) is 1. The predicted octanol–water partition coefficient (Wildman–Crippen LogP) is 2.39. The average Bonchev–Trinajstić information content (AvgIpc) is 2.73. The van der Waals surface area contributed by atoms with E-state index in [0.717, 1.165) is 16.5 Å². The highest BCUT2D eigenvalue weighted by atomic mass is 19.1. The van der Waals surface area contributed by atoms with Gasteiger partial charge in [0, 0.05) is 22.7 Å². The Kier molecular flexibility index (Phi) is 2.38. The quantitative estimate of drug-likeness (QED) is 0.802. The molecule has 1 aliphatic heterocycles. The Hall–Kier alpha value is -1.39. The number of fused-ring (bicyclic) bond motifs is 1. The number of H-pyrrole nitrogens is 1. The largest absolute Gasteiger partial charge is 0.376 e. The summed E-state index contributed by atoms with van der Waals surface area (Å²) in [5, 5.41) is 0.871. The third kappa shape index (κ3) is 1.60. The Morgan fingerprint density at radius 1 is 1.31 bits per heavy atom. The molecule has 2 heterocycles. The lowest BCUT2D eigenvalue weighted by Crippen LogP contribution is -2.21. The molecule has 2 aromatic rings. The van der Waals surface area contributed by atoms with Crippen molar-refractivity contribution in [1.82, 2.24) is 4.98 Å². The summed E-state index contributed by atoms with van der Waals surface area (Å²) in [5.41, 5.74) is 1.89. The zero-order valence-electron chi connectivity index (χ0n) is 8.70. The summed E-state index contributed by atoms with van der Waals surface area (Å²) in [6.45, 7) is 1.75. The van der Waals surface area contributed by atoms with Gasteiger partial charge in [-0.1, -0.05) is 0 Å². The molecule has 0 saturated carbocycles. The molecule has 3 rings (SSSR count). The molecular formula is C12H12FNO2. The highest BCUT2D eigenvalue weighted by Crippen LogP contribution is 2.28. The molecule has 1 atom stereocenters. The van der Waals surface area contributed by atoms with Crippen molar-refractivity contribution in [3.63, 3.8) is 0 Å². The third-order valence-corrected chi connectivity index (χ3v) is 2.84. The molecule has 0 spiro atoms. The molecular weight excluding hydrogens is 209 g/mol. The van der Waals surface area contributed by atoms with Crippen molar-refractivity contribution < 1.29 is 13.9 Å². The maximum absolute atomic E-state index is 13.2. The van der Waals surface area contributed by atoms with Gasteiger partial charge in [-0.2, -0.15) is 0 Å². The van der Waals surface area contributed by atoms with Gasteiger partial charge in [0.1, 0.15) is 11.9 Å². The van der Waals surface area contributed by atoms with Crippen LogP contribution >= 0.6 is 0 Å². The van der Waals surface area contributed by atoms with Crippen molar-refractivity contribution in [1.29, 1.82) is 0 Å². The minimum absolute atomic E-state index is 0.0932. The Morgan fingerprint density at radius 3 is 3.06 bits per heavy atom. The van der Waals surface area contributed by atoms with Crippen LogP contribution in [0.3, 0.4) is 0 Å². The minimum Gasteiger partial charge on any atom is -0.376 e. The van der Waals surface area contributed by atoms with E-state index in [4.69, 9.17) is 9.47 Å². The second-order valence-corrected chi connectivity index (χ2v) is 3.87. The van der Waals surface area contributed by atoms with Crippen LogP contribution in [0.4, 0.5) is 4.39 Å². The van der Waals surface area contributed by atoms with Gasteiger partial charge < -0.3 is 14.5 Å². The van der Waals surface area contributed by atoms with Gasteiger partial charge >= 0.3 is 0 Å². The molecule has 1 aromatic heterocycles. The van der Waals surface area contributed by atoms with Crippen molar-refractivity contribution in [2.75, 3.05) is 19.8 Å². The van der Waals surface area contributed by atoms with Gasteiger partial charge in [0.25, 0.3) is 0 Å². The summed E-state index contributed by atoms with van der Waals surface area (Å²) in [6.07, 6.45) is 1.77. The van der Waals surface area contributed by atoms with Crippen LogP contribution in [0.1, 0.15) is 11.7 Å². The number of benzene rings is 1. The van der Waals surface area contributed by atoms with Crippen LogP contribution in [-0.4, -0.2) is 24.8 Å². The lowest BCUT2D eigenvalue weighted by atomic mass is 10.1. The highest BCUT2D eigenvalue weighted by molar-refractivity contribution is 5.83. The fourth-order valence-corrected chi connectivity index (χ4v) is 2.05. The topological polar surface area (TPSA) is 34.2 Å². The fourth-order valence-electron chi connectivity index (χ4n) is 2.05. The minimum atomic E-state index is -0.231. The molecule has 0 bridgehead atoms. The lowest BCUT2D eigenvalue weighted by Gasteiger charge is -2.22. The molecule has 0 amide bonds. The zero-order valence-corrected chi connectivity index (χ0v) is 8.70. The number of ether oxygens (including phenoxy) is 2. The van der Waals surface area contributed by atoms with E-state index in [2.05, 4.69) is 4.98 Å². The Morgan fingerprint density at radius 2 is 2.25 bits per heavy atom. The van der Waals surface area contributed by atoms with Crippen molar-refractivity contribution in [2.45, 2.75) is 6.10 Å². The maximum Gasteiger partial charge on any atom is 0.123 e. The molecule has 84 valence electrons. The fraction of sp³-hybridized carbons (Fsp3) is 0.333. The first-order valence-corrected chi connectivity index (χ1v) is 5.30. The molecule has 1 saturated heterocycles. The van der Waals surface area contributed by atoms with Gasteiger partial charge in [-0.25, -0.2) is 4.39 Å². The van der Waals surface area contributed by atoms with E-state index < -0.39 is 0 Å². The summed E-state index contributed by atoms with van der Waals surface area (Å²) in [7, 11) is 0. The van der Waals surface area contributed by atoms with Gasteiger partial charge in [0.2, 0.25) is 0 Å². The molecule has 4 heteroatoms. The first kappa shape index (κ1) is 9.81. The first-order chi connectivity index (χ1) is 7.84. The van der Waals surface area contributed by atoms with E-state index >= 15 is 0 Å². The van der Waals surface area contributed by atoms with E-state index in [1.54, 1.807) is 6.07 Å². The summed E-state index contributed by atoms with van der Waals surface area (Å²) >= 11 is 0. The lowest BCUT2D eigenvalue weighted by molar-refractivity contribution is -0.0895. The third-order valence-electron chi connectivity index (χ3n) is 2.84. The SMILES string of the molecule is Fc1ccc2[nH]cc(C3COCCO3)c2c1. The Labute approximate surface area is 92.2 Å². The van der Waals surface area contributed by atoms with E-state index in [0.29, 0.717) is 19.8 Å². The molecule has 3 nitrogen and oxygen atoms in total. The normalized spacial score (nSPS) is 21.4. The van der Waals surface area contributed by atoms with Crippen LogP contribution in [0.2, 0.25) is 0 Å². The molecule has 0 aliphatic carbocycles. The van der Waals surface area contributed by atoms with Crippen LogP contribution in [0.5, 0.6) is 0 Å². The van der Waals surface area contributed by atoms with Gasteiger partial charge in [-0.3, -0.25) is 0 Å². The summed E-state index contributed by atoms with van der Waals surface area (Å²) in [6, 6.07) is 4.71. The maximum atomic E-state index is 13.2. The molecule has 1 aromatic carbocycles. The molecule has 1 fully saturated rings. The Bertz CT molecular complexity index is 503. The van der Waals surface area contributed by atoms with Gasteiger partial charge in [-0.15, -0.1) is 0 Å². The van der Waals surface area contributed by atoms with E-state index in [1.807, 2.05) is 6.20 Å². The van der Waals surface area contributed by atoms with Gasteiger partial charge in [0.15, 0.2) is 0 Å². The number of nitrogens with one attached hydrogen (secondary N) is 1. The smallest absolute Gasteiger partial charge is 0.123 e. The van der Waals surface area contributed by atoms with Crippen LogP contribution in [0.15, 0.2) is 24.4 Å². The molecule has 0 radical (unpaired) electrons. The van der Waals surface area contributed by atoms with E-state index in [9.17, 15) is 4.39 Å². The zero-order chi connectivity index (χ0) is 11.0. The molecule has 1 aliphatic rings. The molecule has 1 N–H and O–H groups in total. The monoisotopic (exact) mass is 221 g/mol. The van der Waals surface area contributed by atoms with Gasteiger partial charge in [0.05, 0.1) is 19.8 Å². The number of aromatic nitrogens is 1. The second-order valence-electron chi connectivity index (χ2n) is 3.87. The van der Waals surface area contributed by atoms with Crippen molar-refractivity contribution >= 4 is 10.9 Å². The molecule has 16 heavy (non-hydrogen) atoms. The van der Waals surface area contributed by atoms with Crippen LogP contribution in [0.25, 0.3) is 10.9 Å². The highest BCUT2D eigenvalue weighted by Gasteiger charge is 2.20. The number of halogens is 1. The number of hydrogen-bond acceptors (Lipinski definition) is 2. The summed E-state index contributed by atoms with van der Waals surface area (Å²) in [5.74, 6) is -0.231. The summed E-state index contributed by atoms with van der Waals surface area (Å²) < 4.78 is 24.1. The first-order valence-electron chi connectivity index (χ1n) is 5.30. The van der Waals surface area contributed by atoms with Crippen molar-refractivity contribution in [3.8, 4) is 0 Å². The van der Waals surface area contributed by atoms with Crippen LogP contribution < -0.4 is 0 Å². The van der Waals surface area contributed by atoms with Gasteiger partial charge in [-0.05, 0) is 18.2 Å². The van der Waals surface area contributed by atoms with Crippen LogP contribution in [-0.2, 0) is 9.47 Å². The second kappa shape index (κ2) is 3.88. The predicted molar refractivity (Wildman–Crippen MR) is 57.8 cm³/mol. The van der Waals surface area contributed by atoms with E-state index in [-0.39, 0.29) is 11.9 Å². The van der Waals surface area contributed by atoms with Crippen molar-refractivity contribution in [2.24, 2.45) is 0 Å². The van der Waals surface area contributed by atoms with E-state index in [1.165, 1.54) is 12.1 Å².